The highest BCUT2D eigenvalue weighted by atomic mass is 35.5. The average molecular weight is 332 g/mol. The number of para-hydroxylation sites is 1. The van der Waals surface area contributed by atoms with Crippen LogP contribution in [-0.2, 0) is 0 Å². The summed E-state index contributed by atoms with van der Waals surface area (Å²) in [5, 5.41) is 10.2. The summed E-state index contributed by atoms with van der Waals surface area (Å²) in [7, 11) is 0. The molecular formula is C20H14ClN3. The van der Waals surface area contributed by atoms with Crippen LogP contribution in [0.1, 0.15) is 0 Å². The van der Waals surface area contributed by atoms with Crippen LogP contribution in [0, 0.1) is 5.41 Å². The Balaban J connectivity index is 2.11. The molecule has 0 bridgehead atoms. The summed E-state index contributed by atoms with van der Waals surface area (Å²) in [5.74, 6) is 0.738. The minimum Gasteiger partial charge on any atom is -0.283 e. The summed E-state index contributed by atoms with van der Waals surface area (Å²) < 4.78 is 1.86. The number of benzene rings is 3. The minimum atomic E-state index is 0.404. The monoisotopic (exact) mass is 331 g/mol. The standard InChI is InChI=1S/C20H14ClN3/c21-15-10-12-16(13-11-15)24-19(22)17-8-4-5-9-18(17)23-20(24)14-6-2-1-3-7-14/h1-13,22H. The van der Waals surface area contributed by atoms with E-state index in [2.05, 4.69) is 0 Å². The Morgan fingerprint density at radius 3 is 2.21 bits per heavy atom. The minimum absolute atomic E-state index is 0.404. The molecule has 4 aromatic rings. The van der Waals surface area contributed by atoms with Gasteiger partial charge in [-0.05, 0) is 36.4 Å². The summed E-state index contributed by atoms with van der Waals surface area (Å²) in [6.45, 7) is 0. The van der Waals surface area contributed by atoms with Crippen LogP contribution >= 0.6 is 11.6 Å². The third-order valence-electron chi connectivity index (χ3n) is 3.94. The van der Waals surface area contributed by atoms with Gasteiger partial charge in [0.2, 0.25) is 0 Å². The number of aromatic nitrogens is 2. The van der Waals surface area contributed by atoms with E-state index in [1.54, 1.807) is 0 Å². The van der Waals surface area contributed by atoms with E-state index in [1.807, 2.05) is 83.4 Å². The van der Waals surface area contributed by atoms with Crippen LogP contribution in [0.5, 0.6) is 0 Å². The number of fused-ring (bicyclic) bond motifs is 1. The van der Waals surface area contributed by atoms with Gasteiger partial charge < -0.3 is 0 Å². The molecule has 0 unspecified atom stereocenters. The molecule has 1 N–H and O–H groups in total. The van der Waals surface area contributed by atoms with Crippen molar-refractivity contribution in [3.8, 4) is 17.1 Å². The Morgan fingerprint density at radius 2 is 1.46 bits per heavy atom. The van der Waals surface area contributed by atoms with Gasteiger partial charge in [-0.1, -0.05) is 54.1 Å². The van der Waals surface area contributed by atoms with Crippen molar-refractivity contribution >= 4 is 22.5 Å². The Morgan fingerprint density at radius 1 is 0.792 bits per heavy atom. The number of hydrogen-bond acceptors (Lipinski definition) is 2. The lowest BCUT2D eigenvalue weighted by molar-refractivity contribution is 0.922. The number of nitrogens with zero attached hydrogens (tertiary/aromatic N) is 2. The fraction of sp³-hybridized carbons (Fsp3) is 0. The molecule has 116 valence electrons. The lowest BCUT2D eigenvalue weighted by Gasteiger charge is -2.15. The molecule has 0 fully saturated rings. The predicted molar refractivity (Wildman–Crippen MR) is 97.4 cm³/mol. The molecule has 0 aliphatic rings. The molecule has 3 nitrogen and oxygen atoms in total. The highest BCUT2D eigenvalue weighted by Crippen LogP contribution is 2.22. The van der Waals surface area contributed by atoms with Gasteiger partial charge in [0.25, 0.3) is 0 Å². The molecule has 0 saturated carbocycles. The number of rotatable bonds is 2. The maximum absolute atomic E-state index is 8.71. The SMILES string of the molecule is N=c1c2ccccc2nc(-c2ccccc2)n1-c1ccc(Cl)cc1. The molecule has 1 aromatic heterocycles. The molecule has 24 heavy (non-hydrogen) atoms. The fourth-order valence-electron chi connectivity index (χ4n) is 2.78. The van der Waals surface area contributed by atoms with E-state index < -0.39 is 0 Å². The van der Waals surface area contributed by atoms with E-state index in [1.165, 1.54) is 0 Å². The molecule has 0 radical (unpaired) electrons. The van der Waals surface area contributed by atoms with E-state index in [9.17, 15) is 0 Å². The zero-order chi connectivity index (χ0) is 16.5. The zero-order valence-electron chi connectivity index (χ0n) is 12.8. The van der Waals surface area contributed by atoms with E-state index >= 15 is 0 Å². The van der Waals surface area contributed by atoms with Crippen LogP contribution in [0.15, 0.2) is 78.9 Å². The summed E-state index contributed by atoms with van der Waals surface area (Å²) in [6, 6.07) is 25.1. The average Bonchev–Trinajstić information content (AvgIpc) is 2.63. The lowest BCUT2D eigenvalue weighted by atomic mass is 10.1. The van der Waals surface area contributed by atoms with Crippen molar-refractivity contribution in [2.45, 2.75) is 0 Å². The molecule has 3 aromatic carbocycles. The smallest absolute Gasteiger partial charge is 0.146 e. The van der Waals surface area contributed by atoms with Crippen molar-refractivity contribution in [3.63, 3.8) is 0 Å². The van der Waals surface area contributed by atoms with Crippen molar-refractivity contribution < 1.29 is 0 Å². The lowest BCUT2D eigenvalue weighted by Crippen LogP contribution is -2.22. The molecule has 4 rings (SSSR count). The first kappa shape index (κ1) is 14.7. The first-order valence-corrected chi connectivity index (χ1v) is 7.99. The molecule has 0 atom stereocenters. The van der Waals surface area contributed by atoms with E-state index in [-0.39, 0.29) is 0 Å². The van der Waals surface area contributed by atoms with Gasteiger partial charge in [0.05, 0.1) is 5.52 Å². The van der Waals surface area contributed by atoms with Crippen molar-refractivity contribution in [1.29, 1.82) is 5.41 Å². The van der Waals surface area contributed by atoms with Gasteiger partial charge in [0, 0.05) is 21.7 Å². The topological polar surface area (TPSA) is 41.7 Å². The van der Waals surface area contributed by atoms with Crippen LogP contribution in [0.2, 0.25) is 5.02 Å². The summed E-state index contributed by atoms with van der Waals surface area (Å²) >= 11 is 6.02. The normalized spacial score (nSPS) is 10.9. The highest BCUT2D eigenvalue weighted by Gasteiger charge is 2.12. The molecule has 0 saturated heterocycles. The van der Waals surface area contributed by atoms with Crippen LogP contribution in [0.25, 0.3) is 28.0 Å². The first-order chi connectivity index (χ1) is 11.7. The van der Waals surface area contributed by atoms with Gasteiger partial charge in [-0.3, -0.25) is 9.98 Å². The van der Waals surface area contributed by atoms with Crippen LogP contribution in [0.3, 0.4) is 0 Å². The number of hydrogen-bond donors (Lipinski definition) is 1. The van der Waals surface area contributed by atoms with E-state index in [4.69, 9.17) is 22.0 Å². The molecule has 0 aliphatic carbocycles. The van der Waals surface area contributed by atoms with Gasteiger partial charge >= 0.3 is 0 Å². The Labute approximate surface area is 144 Å². The molecule has 0 amide bonds. The summed E-state index contributed by atoms with van der Waals surface area (Å²) in [5.41, 5.74) is 3.04. The number of halogens is 1. The predicted octanol–water partition coefficient (Wildman–Crippen LogP) is 4.83. The molecule has 1 heterocycles. The zero-order valence-corrected chi connectivity index (χ0v) is 13.5. The van der Waals surface area contributed by atoms with Crippen molar-refractivity contribution in [3.05, 3.63) is 89.4 Å². The van der Waals surface area contributed by atoms with Crippen molar-refractivity contribution in [1.82, 2.24) is 9.55 Å². The molecular weight excluding hydrogens is 318 g/mol. The summed E-state index contributed by atoms with van der Waals surface area (Å²) in [4.78, 5) is 4.82. The molecule has 0 spiro atoms. The summed E-state index contributed by atoms with van der Waals surface area (Å²) in [6.07, 6.45) is 0. The van der Waals surface area contributed by atoms with Crippen LogP contribution in [-0.4, -0.2) is 9.55 Å². The largest absolute Gasteiger partial charge is 0.283 e. The quantitative estimate of drug-likeness (QED) is 0.562. The fourth-order valence-corrected chi connectivity index (χ4v) is 2.91. The molecule has 4 heteroatoms. The van der Waals surface area contributed by atoms with Crippen LogP contribution < -0.4 is 5.49 Å². The van der Waals surface area contributed by atoms with Crippen LogP contribution in [0.4, 0.5) is 0 Å². The van der Waals surface area contributed by atoms with E-state index in [0.29, 0.717) is 10.5 Å². The molecule has 0 aliphatic heterocycles. The second-order valence-electron chi connectivity index (χ2n) is 5.48. The van der Waals surface area contributed by atoms with Gasteiger partial charge in [0.1, 0.15) is 11.3 Å². The van der Waals surface area contributed by atoms with Gasteiger partial charge in [-0.2, -0.15) is 0 Å². The van der Waals surface area contributed by atoms with Crippen molar-refractivity contribution in [2.24, 2.45) is 0 Å². The third-order valence-corrected chi connectivity index (χ3v) is 4.19. The second-order valence-corrected chi connectivity index (χ2v) is 5.92. The Hall–Kier alpha value is -2.91. The maximum Gasteiger partial charge on any atom is 0.146 e. The van der Waals surface area contributed by atoms with Gasteiger partial charge in [0.15, 0.2) is 0 Å². The van der Waals surface area contributed by atoms with Crippen molar-refractivity contribution in [2.75, 3.05) is 0 Å². The van der Waals surface area contributed by atoms with E-state index in [0.717, 1.165) is 28.0 Å². The van der Waals surface area contributed by atoms with Gasteiger partial charge in [-0.25, -0.2) is 4.98 Å². The second kappa shape index (κ2) is 5.95. The number of nitrogens with one attached hydrogen (secondary N) is 1. The Bertz CT molecular complexity index is 1070. The maximum atomic E-state index is 8.71. The third kappa shape index (κ3) is 2.49. The highest BCUT2D eigenvalue weighted by molar-refractivity contribution is 6.30. The van der Waals surface area contributed by atoms with Gasteiger partial charge in [-0.15, -0.1) is 0 Å². The Kier molecular flexibility index (Phi) is 3.63. The first-order valence-electron chi connectivity index (χ1n) is 7.62.